The Hall–Kier alpha value is -2.66. The van der Waals surface area contributed by atoms with Crippen LogP contribution in [0, 0.1) is 10.1 Å². The van der Waals surface area contributed by atoms with Crippen LogP contribution in [-0.2, 0) is 0 Å². The van der Waals surface area contributed by atoms with Crippen molar-refractivity contribution in [3.63, 3.8) is 0 Å². The van der Waals surface area contributed by atoms with Crippen molar-refractivity contribution in [1.29, 1.82) is 0 Å². The Kier molecular flexibility index (Phi) is 4.39. The smallest absolute Gasteiger partial charge is 0.292 e. The molecule has 3 aromatic rings. The predicted molar refractivity (Wildman–Crippen MR) is 96.0 cm³/mol. The number of nitrogens with one attached hydrogen (secondary N) is 1. The largest absolute Gasteiger partial charge is 0.349 e. The van der Waals surface area contributed by atoms with E-state index in [2.05, 4.69) is 21.2 Å². The van der Waals surface area contributed by atoms with Crippen molar-refractivity contribution in [3.8, 4) is 11.1 Å². The molecule has 0 unspecified atom stereocenters. The van der Waals surface area contributed by atoms with Crippen molar-refractivity contribution in [1.82, 2.24) is 0 Å². The zero-order valence-electron chi connectivity index (χ0n) is 12.1. The van der Waals surface area contributed by atoms with Crippen LogP contribution in [0.5, 0.6) is 0 Å². The second kappa shape index (κ2) is 6.62. The summed E-state index contributed by atoms with van der Waals surface area (Å²) in [7, 11) is 0. The first-order valence-electron chi connectivity index (χ1n) is 7.00. The van der Waals surface area contributed by atoms with Crippen molar-refractivity contribution in [3.05, 3.63) is 87.4 Å². The fraction of sp³-hybridized carbons (Fsp3) is 0. The molecule has 4 nitrogen and oxygen atoms in total. The molecule has 0 fully saturated rings. The highest BCUT2D eigenvalue weighted by Crippen LogP contribution is 2.34. The summed E-state index contributed by atoms with van der Waals surface area (Å²) in [5, 5.41) is 14.4. The maximum Gasteiger partial charge on any atom is 0.292 e. The van der Waals surface area contributed by atoms with Crippen LogP contribution in [0.4, 0.5) is 17.1 Å². The highest BCUT2D eigenvalue weighted by atomic mass is 79.9. The number of hydrogen-bond donors (Lipinski definition) is 1. The molecule has 0 spiro atoms. The van der Waals surface area contributed by atoms with Gasteiger partial charge in [0.15, 0.2) is 0 Å². The number of rotatable bonds is 4. The summed E-state index contributed by atoms with van der Waals surface area (Å²) >= 11 is 3.36. The fourth-order valence-electron chi connectivity index (χ4n) is 2.37. The summed E-state index contributed by atoms with van der Waals surface area (Å²) in [6, 6.07) is 22.5. The Morgan fingerprint density at radius 2 is 1.57 bits per heavy atom. The first-order chi connectivity index (χ1) is 11.1. The quantitative estimate of drug-likeness (QED) is 0.469. The van der Waals surface area contributed by atoms with Crippen LogP contribution in [0.25, 0.3) is 11.1 Å². The van der Waals surface area contributed by atoms with E-state index in [1.54, 1.807) is 12.1 Å². The zero-order chi connectivity index (χ0) is 16.2. The van der Waals surface area contributed by atoms with E-state index in [0.717, 1.165) is 21.3 Å². The number of anilines is 2. The molecule has 1 N–H and O–H groups in total. The van der Waals surface area contributed by atoms with E-state index in [-0.39, 0.29) is 10.6 Å². The monoisotopic (exact) mass is 368 g/mol. The molecule has 23 heavy (non-hydrogen) atoms. The molecular formula is C18H13BrN2O2. The molecule has 0 heterocycles. The number of para-hydroxylation sites is 1. The van der Waals surface area contributed by atoms with E-state index >= 15 is 0 Å². The average Bonchev–Trinajstić information content (AvgIpc) is 2.56. The molecule has 0 bridgehead atoms. The molecule has 0 atom stereocenters. The third-order valence-electron chi connectivity index (χ3n) is 3.44. The van der Waals surface area contributed by atoms with E-state index < -0.39 is 0 Å². The Labute approximate surface area is 142 Å². The Morgan fingerprint density at radius 1 is 0.870 bits per heavy atom. The van der Waals surface area contributed by atoms with E-state index in [4.69, 9.17) is 0 Å². The molecule has 114 valence electrons. The summed E-state index contributed by atoms with van der Waals surface area (Å²) in [6.07, 6.45) is 0. The van der Waals surface area contributed by atoms with Crippen molar-refractivity contribution in [2.45, 2.75) is 0 Å². The molecule has 0 amide bonds. The molecule has 0 aliphatic rings. The Balaban J connectivity index is 2.05. The van der Waals surface area contributed by atoms with Crippen LogP contribution in [0.15, 0.2) is 77.3 Å². The van der Waals surface area contributed by atoms with Gasteiger partial charge in [-0.25, -0.2) is 0 Å². The van der Waals surface area contributed by atoms with Gasteiger partial charge in [0.2, 0.25) is 0 Å². The highest BCUT2D eigenvalue weighted by Gasteiger charge is 2.15. The van der Waals surface area contributed by atoms with Gasteiger partial charge in [0, 0.05) is 21.8 Å². The van der Waals surface area contributed by atoms with Crippen LogP contribution < -0.4 is 5.32 Å². The van der Waals surface area contributed by atoms with Gasteiger partial charge in [-0.3, -0.25) is 10.1 Å². The summed E-state index contributed by atoms with van der Waals surface area (Å²) in [6.45, 7) is 0. The summed E-state index contributed by atoms with van der Waals surface area (Å²) in [5.74, 6) is 0. The van der Waals surface area contributed by atoms with Gasteiger partial charge in [0.1, 0.15) is 5.69 Å². The standard InChI is InChI=1S/C18H13BrN2O2/c19-14-10-11-18(21(22)23)17(12-14)20-16-9-5-4-8-15(16)13-6-2-1-3-7-13/h1-12,20H. The maximum atomic E-state index is 11.2. The topological polar surface area (TPSA) is 55.2 Å². The minimum Gasteiger partial charge on any atom is -0.349 e. The molecule has 0 aliphatic carbocycles. The van der Waals surface area contributed by atoms with Crippen molar-refractivity contribution < 1.29 is 4.92 Å². The fourth-order valence-corrected chi connectivity index (χ4v) is 2.74. The summed E-state index contributed by atoms with van der Waals surface area (Å²) in [4.78, 5) is 10.8. The number of nitrogens with zero attached hydrogens (tertiary/aromatic N) is 1. The van der Waals surface area contributed by atoms with Gasteiger partial charge in [0.25, 0.3) is 5.69 Å². The minimum atomic E-state index is -0.389. The molecule has 0 radical (unpaired) electrons. The molecular weight excluding hydrogens is 356 g/mol. The first kappa shape index (κ1) is 15.2. The van der Waals surface area contributed by atoms with E-state index in [0.29, 0.717) is 5.69 Å². The average molecular weight is 369 g/mol. The molecule has 3 rings (SSSR count). The molecule has 3 aromatic carbocycles. The van der Waals surface area contributed by atoms with Crippen molar-refractivity contribution in [2.75, 3.05) is 5.32 Å². The zero-order valence-corrected chi connectivity index (χ0v) is 13.7. The number of hydrogen-bond acceptors (Lipinski definition) is 3. The lowest BCUT2D eigenvalue weighted by Crippen LogP contribution is -1.98. The molecule has 0 aromatic heterocycles. The maximum absolute atomic E-state index is 11.2. The van der Waals surface area contributed by atoms with Gasteiger partial charge in [-0.15, -0.1) is 0 Å². The van der Waals surface area contributed by atoms with Gasteiger partial charge in [-0.1, -0.05) is 64.5 Å². The van der Waals surface area contributed by atoms with Gasteiger partial charge < -0.3 is 5.32 Å². The number of halogens is 1. The predicted octanol–water partition coefficient (Wildman–Crippen LogP) is 5.77. The lowest BCUT2D eigenvalue weighted by molar-refractivity contribution is -0.383. The SMILES string of the molecule is O=[N+]([O-])c1ccc(Br)cc1Nc1ccccc1-c1ccccc1. The number of nitro groups is 1. The Morgan fingerprint density at radius 3 is 2.30 bits per heavy atom. The second-order valence-corrected chi connectivity index (χ2v) is 5.87. The third-order valence-corrected chi connectivity index (χ3v) is 3.93. The third kappa shape index (κ3) is 3.40. The van der Waals surface area contributed by atoms with E-state index in [9.17, 15) is 10.1 Å². The summed E-state index contributed by atoms with van der Waals surface area (Å²) in [5.41, 5.74) is 3.35. The lowest BCUT2D eigenvalue weighted by atomic mass is 10.0. The highest BCUT2D eigenvalue weighted by molar-refractivity contribution is 9.10. The molecule has 0 aliphatic heterocycles. The normalized spacial score (nSPS) is 10.3. The van der Waals surface area contributed by atoms with Crippen LogP contribution in [0.1, 0.15) is 0 Å². The van der Waals surface area contributed by atoms with Crippen molar-refractivity contribution >= 4 is 33.0 Å². The molecule has 0 saturated heterocycles. The van der Waals surface area contributed by atoms with Crippen molar-refractivity contribution in [2.24, 2.45) is 0 Å². The summed E-state index contributed by atoms with van der Waals surface area (Å²) < 4.78 is 0.780. The van der Waals surface area contributed by atoms with Gasteiger partial charge >= 0.3 is 0 Å². The van der Waals surface area contributed by atoms with Crippen LogP contribution in [0.2, 0.25) is 0 Å². The number of nitro benzene ring substituents is 1. The van der Waals surface area contributed by atoms with Gasteiger partial charge in [0.05, 0.1) is 4.92 Å². The van der Waals surface area contributed by atoms with Crippen LogP contribution in [-0.4, -0.2) is 4.92 Å². The minimum absolute atomic E-state index is 0.0380. The van der Waals surface area contributed by atoms with E-state index in [1.807, 2.05) is 54.6 Å². The molecule has 0 saturated carbocycles. The molecule has 5 heteroatoms. The Bertz CT molecular complexity index is 851. The number of benzene rings is 3. The van der Waals surface area contributed by atoms with Gasteiger partial charge in [-0.05, 0) is 23.8 Å². The van der Waals surface area contributed by atoms with Crippen LogP contribution in [0.3, 0.4) is 0 Å². The second-order valence-electron chi connectivity index (χ2n) is 4.96. The van der Waals surface area contributed by atoms with Gasteiger partial charge in [-0.2, -0.15) is 0 Å². The van der Waals surface area contributed by atoms with E-state index in [1.165, 1.54) is 6.07 Å². The first-order valence-corrected chi connectivity index (χ1v) is 7.80. The van der Waals surface area contributed by atoms with Crippen LogP contribution >= 0.6 is 15.9 Å². The lowest BCUT2D eigenvalue weighted by Gasteiger charge is -2.13.